The molecule has 164 valence electrons. The Balaban J connectivity index is 1.98. The van der Waals surface area contributed by atoms with Gasteiger partial charge in [-0.05, 0) is 30.8 Å². The summed E-state index contributed by atoms with van der Waals surface area (Å²) < 4.78 is 5.87. The molecule has 0 aromatic rings. The maximum atomic E-state index is 12.8. The number of carbonyl (C=O) groups excluding carboxylic acids is 1. The number of hydrogen-bond acceptors (Lipinski definition) is 8. The summed E-state index contributed by atoms with van der Waals surface area (Å²) in [6, 6.07) is -0.721. The van der Waals surface area contributed by atoms with Crippen LogP contribution in [0.4, 0.5) is 0 Å². The summed E-state index contributed by atoms with van der Waals surface area (Å²) in [5.41, 5.74) is -0.648. The summed E-state index contributed by atoms with van der Waals surface area (Å²) in [4.78, 5) is 12.8. The first-order chi connectivity index (χ1) is 13.3. The minimum absolute atomic E-state index is 0.00956. The van der Waals surface area contributed by atoms with Crippen LogP contribution < -0.4 is 10.6 Å². The molecule has 28 heavy (non-hydrogen) atoms. The lowest BCUT2D eigenvalue weighted by Crippen LogP contribution is -2.64. The highest BCUT2D eigenvalue weighted by Crippen LogP contribution is 2.30. The van der Waals surface area contributed by atoms with Crippen molar-refractivity contribution in [3.63, 3.8) is 0 Å². The lowest BCUT2D eigenvalue weighted by molar-refractivity contribution is -0.208. The van der Waals surface area contributed by atoms with Crippen molar-refractivity contribution in [2.24, 2.45) is 5.92 Å². The fraction of sp³-hybridized carbons (Fsp3) is 0.947. The molecule has 2 saturated heterocycles. The molecule has 0 aromatic carbocycles. The summed E-state index contributed by atoms with van der Waals surface area (Å²) in [5.74, 6) is 1.00. The van der Waals surface area contributed by atoms with Crippen LogP contribution in [-0.4, -0.2) is 87.0 Å². The van der Waals surface area contributed by atoms with E-state index in [0.29, 0.717) is 5.25 Å². The Morgan fingerprint density at radius 1 is 1.25 bits per heavy atom. The molecule has 2 aliphatic rings. The van der Waals surface area contributed by atoms with Gasteiger partial charge in [-0.2, -0.15) is 11.8 Å². The molecule has 2 rings (SSSR count). The van der Waals surface area contributed by atoms with Gasteiger partial charge in [0.25, 0.3) is 0 Å². The third kappa shape index (κ3) is 6.00. The smallest absolute Gasteiger partial charge is 0.237 e. The summed E-state index contributed by atoms with van der Waals surface area (Å²) >= 11 is 3.19. The van der Waals surface area contributed by atoms with Crippen LogP contribution in [0.1, 0.15) is 40.0 Å². The Bertz CT molecular complexity index is 497. The van der Waals surface area contributed by atoms with Gasteiger partial charge in [-0.1, -0.05) is 27.2 Å². The van der Waals surface area contributed by atoms with Crippen LogP contribution in [0.15, 0.2) is 0 Å². The molecule has 1 unspecified atom stereocenters. The van der Waals surface area contributed by atoms with Gasteiger partial charge in [-0.3, -0.25) is 4.79 Å². The van der Waals surface area contributed by atoms with Crippen LogP contribution in [0.3, 0.4) is 0 Å². The topological polar surface area (TPSA) is 111 Å². The molecule has 0 bridgehead atoms. The molecule has 8 atom stereocenters. The van der Waals surface area contributed by atoms with E-state index in [1.54, 1.807) is 6.26 Å². The zero-order chi connectivity index (χ0) is 20.8. The largest absolute Gasteiger partial charge is 0.388 e. The van der Waals surface area contributed by atoms with Gasteiger partial charge in [0, 0.05) is 11.8 Å². The van der Waals surface area contributed by atoms with E-state index in [0.717, 1.165) is 18.7 Å². The van der Waals surface area contributed by atoms with Crippen molar-refractivity contribution in [1.29, 1.82) is 0 Å². The maximum Gasteiger partial charge on any atom is 0.237 e. The number of carbonyl (C=O) groups is 1. The van der Waals surface area contributed by atoms with Gasteiger partial charge in [0.15, 0.2) is 0 Å². The Morgan fingerprint density at radius 3 is 2.57 bits per heavy atom. The average Bonchev–Trinajstić information content (AvgIpc) is 3.14. The predicted octanol–water partition coefficient (Wildman–Crippen LogP) is 0.562. The van der Waals surface area contributed by atoms with Crippen molar-refractivity contribution in [2.75, 3.05) is 18.6 Å². The second-order valence-corrected chi connectivity index (χ2v) is 10.3. The Kier molecular flexibility index (Phi) is 9.86. The van der Waals surface area contributed by atoms with Crippen molar-refractivity contribution in [3.8, 4) is 0 Å². The number of aliphatic hydroxyl groups is 3. The molecule has 0 radical (unpaired) electrons. The number of thioether (sulfide) groups is 2. The molecule has 9 heteroatoms. The van der Waals surface area contributed by atoms with Crippen LogP contribution in [0.2, 0.25) is 0 Å². The standard InChI is InChI=1S/C19H36N2O5S2/c1-5-6-7-28-11-8-12(20-9-11)18(25)21-13(10(2)3)17-15(23)14(22)16(24)19(26-17)27-4/h10-17,19-20,22-24H,5-9H2,1-4H3,(H,21,25)/t11-,12-,13+,14-,15+,16+,17?,19+/m0/s1. The third-order valence-corrected chi connectivity index (χ3v) is 7.69. The molecular formula is C19H36N2O5S2. The zero-order valence-corrected chi connectivity index (χ0v) is 18.8. The third-order valence-electron chi connectivity index (χ3n) is 5.48. The van der Waals surface area contributed by atoms with E-state index in [-0.39, 0.29) is 17.9 Å². The Hall–Kier alpha value is -0.0300. The number of hydrogen-bond donors (Lipinski definition) is 5. The molecular weight excluding hydrogens is 400 g/mol. The lowest BCUT2D eigenvalue weighted by atomic mass is 9.88. The summed E-state index contributed by atoms with van der Waals surface area (Å²) in [6.07, 6.45) is 0.408. The summed E-state index contributed by atoms with van der Waals surface area (Å²) in [7, 11) is 0. The van der Waals surface area contributed by atoms with Crippen molar-refractivity contribution in [3.05, 3.63) is 0 Å². The van der Waals surface area contributed by atoms with Gasteiger partial charge in [0.2, 0.25) is 5.91 Å². The quantitative estimate of drug-likeness (QED) is 0.334. The summed E-state index contributed by atoms with van der Waals surface area (Å²) in [6.45, 7) is 6.88. The summed E-state index contributed by atoms with van der Waals surface area (Å²) in [5, 5.41) is 37.5. The Labute approximate surface area is 176 Å². The zero-order valence-electron chi connectivity index (χ0n) is 17.2. The second kappa shape index (κ2) is 11.4. The van der Waals surface area contributed by atoms with Crippen molar-refractivity contribution < 1.29 is 24.9 Å². The van der Waals surface area contributed by atoms with E-state index < -0.39 is 35.9 Å². The Morgan fingerprint density at radius 2 is 1.96 bits per heavy atom. The van der Waals surface area contributed by atoms with Crippen LogP contribution >= 0.6 is 23.5 Å². The number of unbranched alkanes of at least 4 members (excludes halogenated alkanes) is 1. The number of ether oxygens (including phenoxy) is 1. The molecule has 0 aliphatic carbocycles. The number of amides is 1. The highest BCUT2D eigenvalue weighted by Gasteiger charge is 2.47. The maximum absolute atomic E-state index is 12.8. The molecule has 2 aliphatic heterocycles. The normalized spacial score (nSPS) is 37.2. The minimum Gasteiger partial charge on any atom is -0.388 e. The number of nitrogens with one attached hydrogen (secondary N) is 2. The van der Waals surface area contributed by atoms with Crippen molar-refractivity contribution in [2.45, 2.75) is 87.2 Å². The van der Waals surface area contributed by atoms with Crippen LogP contribution in [0.5, 0.6) is 0 Å². The molecule has 0 saturated carbocycles. The first-order valence-electron chi connectivity index (χ1n) is 10.2. The van der Waals surface area contributed by atoms with E-state index in [9.17, 15) is 20.1 Å². The first kappa shape index (κ1) is 24.2. The predicted molar refractivity (Wildman–Crippen MR) is 115 cm³/mol. The monoisotopic (exact) mass is 436 g/mol. The van der Waals surface area contributed by atoms with Crippen LogP contribution in [-0.2, 0) is 9.53 Å². The second-order valence-electron chi connectivity index (χ2n) is 8.00. The van der Waals surface area contributed by atoms with Gasteiger partial charge in [0.05, 0.1) is 12.1 Å². The van der Waals surface area contributed by atoms with E-state index in [1.807, 2.05) is 25.6 Å². The van der Waals surface area contributed by atoms with Gasteiger partial charge in [-0.25, -0.2) is 0 Å². The molecule has 5 N–H and O–H groups in total. The first-order valence-corrected chi connectivity index (χ1v) is 12.5. The fourth-order valence-corrected chi connectivity index (χ4v) is 5.69. The molecule has 0 aromatic heterocycles. The average molecular weight is 437 g/mol. The SMILES string of the molecule is CCCCS[C@@H]1CN[C@H](C(=O)N[C@H](C(C)C)C2O[C@H](SC)[C@H](O)[C@@H](O)[C@H]2O)C1. The molecule has 0 spiro atoms. The van der Waals surface area contributed by atoms with Crippen LogP contribution in [0.25, 0.3) is 0 Å². The van der Waals surface area contributed by atoms with Gasteiger partial charge in [-0.15, -0.1) is 11.8 Å². The molecule has 1 amide bonds. The van der Waals surface area contributed by atoms with E-state index >= 15 is 0 Å². The molecule has 2 fully saturated rings. The van der Waals surface area contributed by atoms with E-state index in [4.69, 9.17) is 4.74 Å². The van der Waals surface area contributed by atoms with Gasteiger partial charge >= 0.3 is 0 Å². The van der Waals surface area contributed by atoms with Crippen LogP contribution in [0, 0.1) is 5.92 Å². The fourth-order valence-electron chi connectivity index (χ4n) is 3.68. The molecule has 2 heterocycles. The van der Waals surface area contributed by atoms with Crippen molar-refractivity contribution in [1.82, 2.24) is 10.6 Å². The van der Waals surface area contributed by atoms with E-state index in [1.165, 1.54) is 24.6 Å². The number of aliphatic hydroxyl groups excluding tert-OH is 3. The highest BCUT2D eigenvalue weighted by atomic mass is 32.2. The van der Waals surface area contributed by atoms with Gasteiger partial charge < -0.3 is 30.7 Å². The van der Waals surface area contributed by atoms with E-state index in [2.05, 4.69) is 17.6 Å². The lowest BCUT2D eigenvalue weighted by Gasteiger charge is -2.44. The van der Waals surface area contributed by atoms with Gasteiger partial charge in [0.1, 0.15) is 29.9 Å². The number of rotatable bonds is 9. The van der Waals surface area contributed by atoms with Crippen molar-refractivity contribution >= 4 is 29.4 Å². The highest BCUT2D eigenvalue weighted by molar-refractivity contribution is 8.00. The molecule has 7 nitrogen and oxygen atoms in total. The minimum atomic E-state index is -1.31.